The molecule has 8 nitrogen and oxygen atoms in total. The summed E-state index contributed by atoms with van der Waals surface area (Å²) >= 11 is 5.80. The van der Waals surface area contributed by atoms with E-state index in [1.807, 2.05) is 0 Å². The number of non-ortho nitro benzene ring substituents is 1. The molecule has 0 saturated heterocycles. The quantitative estimate of drug-likeness (QED) is 0.442. The number of ether oxygens (including phenoxy) is 1. The third-order valence-corrected chi connectivity index (χ3v) is 5.01. The summed E-state index contributed by atoms with van der Waals surface area (Å²) in [7, 11) is -1.61. The van der Waals surface area contributed by atoms with Gasteiger partial charge in [0.2, 0.25) is 10.0 Å². The molecule has 0 aromatic heterocycles. The van der Waals surface area contributed by atoms with Crippen molar-refractivity contribution in [1.82, 2.24) is 4.31 Å². The van der Waals surface area contributed by atoms with Gasteiger partial charge in [-0.25, -0.2) is 12.7 Å². The number of nitro benzene ring substituents is 1. The molecule has 10 heteroatoms. The summed E-state index contributed by atoms with van der Waals surface area (Å²) in [6.07, 6.45) is -0.140. The van der Waals surface area contributed by atoms with Crippen LogP contribution >= 0.6 is 11.6 Å². The highest BCUT2D eigenvalue weighted by Crippen LogP contribution is 2.28. The van der Waals surface area contributed by atoms with Crippen molar-refractivity contribution < 1.29 is 22.9 Å². The number of carbonyl (C=O) groups excluding carboxylic acids is 1. The summed E-state index contributed by atoms with van der Waals surface area (Å²) in [5, 5.41) is 10.6. The van der Waals surface area contributed by atoms with Crippen LogP contribution in [0.3, 0.4) is 0 Å². The van der Waals surface area contributed by atoms with Gasteiger partial charge in [-0.1, -0.05) is 11.6 Å². The zero-order chi connectivity index (χ0) is 16.2. The maximum atomic E-state index is 12.3. The Morgan fingerprint density at radius 2 is 2.10 bits per heavy atom. The molecule has 0 spiro atoms. The number of nitrogens with zero attached hydrogens (tertiary/aromatic N) is 2. The molecule has 0 aliphatic rings. The van der Waals surface area contributed by atoms with Gasteiger partial charge in [0.1, 0.15) is 4.90 Å². The summed E-state index contributed by atoms with van der Waals surface area (Å²) in [6, 6.07) is 3.13. The van der Waals surface area contributed by atoms with Gasteiger partial charge in [-0.15, -0.1) is 0 Å². The average Bonchev–Trinajstić information content (AvgIpc) is 2.44. The first-order chi connectivity index (χ1) is 9.70. The van der Waals surface area contributed by atoms with Crippen molar-refractivity contribution in [3.63, 3.8) is 0 Å². The highest BCUT2D eigenvalue weighted by Gasteiger charge is 2.26. The molecule has 1 aromatic rings. The van der Waals surface area contributed by atoms with Crippen LogP contribution in [-0.2, 0) is 19.6 Å². The van der Waals surface area contributed by atoms with E-state index < -0.39 is 20.9 Å². The lowest BCUT2D eigenvalue weighted by atomic mass is 10.3. The molecular weight excluding hydrogens is 324 g/mol. The zero-order valence-electron chi connectivity index (χ0n) is 11.3. The minimum absolute atomic E-state index is 0.131. The molecule has 0 unspecified atom stereocenters. The van der Waals surface area contributed by atoms with Crippen LogP contribution in [0.1, 0.15) is 6.42 Å². The highest BCUT2D eigenvalue weighted by atomic mass is 35.5. The molecule has 116 valence electrons. The molecule has 0 heterocycles. The largest absolute Gasteiger partial charge is 0.469 e. The predicted molar refractivity (Wildman–Crippen MR) is 74.6 cm³/mol. The van der Waals surface area contributed by atoms with Crippen LogP contribution in [0.15, 0.2) is 23.1 Å². The van der Waals surface area contributed by atoms with Gasteiger partial charge in [0, 0.05) is 25.7 Å². The van der Waals surface area contributed by atoms with Gasteiger partial charge in [-0.05, 0) is 6.07 Å². The lowest BCUT2D eigenvalue weighted by molar-refractivity contribution is -0.385. The van der Waals surface area contributed by atoms with Crippen LogP contribution in [-0.4, -0.2) is 44.3 Å². The summed E-state index contributed by atoms with van der Waals surface area (Å²) in [5.41, 5.74) is -0.389. The van der Waals surface area contributed by atoms with Crippen LogP contribution in [0.25, 0.3) is 0 Å². The van der Waals surface area contributed by atoms with Crippen LogP contribution in [0.2, 0.25) is 5.02 Å². The van der Waals surface area contributed by atoms with E-state index in [1.165, 1.54) is 14.2 Å². The molecule has 0 radical (unpaired) electrons. The van der Waals surface area contributed by atoms with Crippen LogP contribution < -0.4 is 0 Å². The molecule has 21 heavy (non-hydrogen) atoms. The lowest BCUT2D eigenvalue weighted by Gasteiger charge is -2.17. The molecule has 0 bridgehead atoms. The number of esters is 1. The van der Waals surface area contributed by atoms with E-state index in [-0.39, 0.29) is 28.6 Å². The second-order valence-corrected chi connectivity index (χ2v) is 6.45. The number of hydrogen-bond acceptors (Lipinski definition) is 6. The highest BCUT2D eigenvalue weighted by molar-refractivity contribution is 7.89. The number of methoxy groups -OCH3 is 1. The van der Waals surface area contributed by atoms with E-state index in [9.17, 15) is 23.3 Å². The van der Waals surface area contributed by atoms with Crippen LogP contribution in [0, 0.1) is 10.1 Å². The minimum Gasteiger partial charge on any atom is -0.469 e. The lowest BCUT2D eigenvalue weighted by Crippen LogP contribution is -2.29. The molecule has 0 fully saturated rings. The van der Waals surface area contributed by atoms with Gasteiger partial charge >= 0.3 is 5.97 Å². The Morgan fingerprint density at radius 3 is 2.62 bits per heavy atom. The van der Waals surface area contributed by atoms with Gasteiger partial charge in [0.05, 0.1) is 23.5 Å². The van der Waals surface area contributed by atoms with E-state index in [1.54, 1.807) is 0 Å². The number of rotatable bonds is 6. The molecule has 0 saturated carbocycles. The summed E-state index contributed by atoms with van der Waals surface area (Å²) in [6.45, 7) is -0.131. The maximum Gasteiger partial charge on any atom is 0.306 e. The van der Waals surface area contributed by atoms with Crippen LogP contribution in [0.4, 0.5) is 5.69 Å². The summed E-state index contributed by atoms with van der Waals surface area (Å²) in [5.74, 6) is -0.567. The van der Waals surface area contributed by atoms with Gasteiger partial charge < -0.3 is 4.74 Å². The fourth-order valence-electron chi connectivity index (χ4n) is 1.44. The van der Waals surface area contributed by atoms with Crippen molar-refractivity contribution in [2.75, 3.05) is 20.7 Å². The van der Waals surface area contributed by atoms with E-state index in [0.717, 1.165) is 22.5 Å². The van der Waals surface area contributed by atoms with Gasteiger partial charge in [0.25, 0.3) is 5.69 Å². The first kappa shape index (κ1) is 17.3. The number of halogens is 1. The third-order valence-electron chi connectivity index (χ3n) is 2.67. The van der Waals surface area contributed by atoms with Gasteiger partial charge in [-0.3, -0.25) is 14.9 Å². The first-order valence-electron chi connectivity index (χ1n) is 5.67. The van der Waals surface area contributed by atoms with E-state index >= 15 is 0 Å². The Morgan fingerprint density at radius 1 is 1.48 bits per heavy atom. The smallest absolute Gasteiger partial charge is 0.306 e. The van der Waals surface area contributed by atoms with E-state index in [2.05, 4.69) is 4.74 Å². The van der Waals surface area contributed by atoms with Crippen molar-refractivity contribution in [1.29, 1.82) is 0 Å². The van der Waals surface area contributed by atoms with Gasteiger partial charge in [-0.2, -0.15) is 0 Å². The van der Waals surface area contributed by atoms with Crippen molar-refractivity contribution in [3.05, 3.63) is 33.3 Å². The SMILES string of the molecule is COC(=O)CCN(C)S(=O)(=O)c1cc([N+](=O)[O-])ccc1Cl. The fourth-order valence-corrected chi connectivity index (χ4v) is 3.10. The second-order valence-electron chi connectivity index (χ2n) is 4.02. The topological polar surface area (TPSA) is 107 Å². The molecular formula is C11H13ClN2O6S. The third kappa shape index (κ3) is 4.13. The first-order valence-corrected chi connectivity index (χ1v) is 7.49. The number of benzene rings is 1. The average molecular weight is 337 g/mol. The Balaban J connectivity index is 3.09. The van der Waals surface area contributed by atoms with Crippen molar-refractivity contribution >= 4 is 33.3 Å². The second kappa shape index (κ2) is 6.83. The zero-order valence-corrected chi connectivity index (χ0v) is 12.8. The van der Waals surface area contributed by atoms with E-state index in [0.29, 0.717) is 0 Å². The standard InChI is InChI=1S/C11H13ClN2O6S/c1-13(6-5-11(15)20-2)21(18,19)10-7-8(14(16)17)3-4-9(10)12/h3-4,7H,5-6H2,1-2H3. The Bertz CT molecular complexity index is 661. The molecule has 0 atom stereocenters. The van der Waals surface area contributed by atoms with Gasteiger partial charge in [0.15, 0.2) is 0 Å². The Hall–Kier alpha value is -1.71. The molecule has 0 aliphatic heterocycles. The maximum absolute atomic E-state index is 12.3. The van der Waals surface area contributed by atoms with Crippen molar-refractivity contribution in [2.24, 2.45) is 0 Å². The number of hydrogen-bond donors (Lipinski definition) is 0. The molecule has 1 rings (SSSR count). The van der Waals surface area contributed by atoms with E-state index in [4.69, 9.17) is 11.6 Å². The molecule has 0 amide bonds. The molecule has 0 N–H and O–H groups in total. The van der Waals surface area contributed by atoms with Crippen molar-refractivity contribution in [2.45, 2.75) is 11.3 Å². The number of carbonyl (C=O) groups is 1. The molecule has 0 aliphatic carbocycles. The normalized spacial score (nSPS) is 11.4. The Labute approximate surface area is 126 Å². The number of nitro groups is 1. The monoisotopic (exact) mass is 336 g/mol. The van der Waals surface area contributed by atoms with Crippen molar-refractivity contribution in [3.8, 4) is 0 Å². The summed E-state index contributed by atoms with van der Waals surface area (Å²) < 4.78 is 29.9. The summed E-state index contributed by atoms with van der Waals surface area (Å²) in [4.78, 5) is 20.6. The predicted octanol–water partition coefficient (Wildman–Crippen LogP) is 1.43. The fraction of sp³-hybridized carbons (Fsp3) is 0.364. The molecule has 1 aromatic carbocycles. The Kier molecular flexibility index (Phi) is 5.64. The number of sulfonamides is 1. The van der Waals surface area contributed by atoms with Crippen LogP contribution in [0.5, 0.6) is 0 Å². The minimum atomic E-state index is -4.04.